The van der Waals surface area contributed by atoms with E-state index in [9.17, 15) is 0 Å². The van der Waals surface area contributed by atoms with E-state index >= 15 is 0 Å². The van der Waals surface area contributed by atoms with Crippen LogP contribution in [0.25, 0.3) is 0 Å². The number of nitrogens with one attached hydrogen (secondary N) is 1. The Kier molecular flexibility index (Phi) is 6.47. The average molecular weight is 272 g/mol. The first kappa shape index (κ1) is 15.3. The van der Waals surface area contributed by atoms with Crippen LogP contribution in [0.4, 0.5) is 0 Å². The minimum Gasteiger partial charge on any atom is -0.496 e. The Labute approximate surface area is 114 Å². The molecule has 2 atom stereocenters. The van der Waals surface area contributed by atoms with E-state index in [0.29, 0.717) is 11.6 Å². The second-order valence-electron chi connectivity index (χ2n) is 4.05. The van der Waals surface area contributed by atoms with Gasteiger partial charge in [-0.2, -0.15) is 0 Å². The maximum atomic E-state index is 6.08. The molecule has 1 N–H and O–H groups in total. The van der Waals surface area contributed by atoms with Gasteiger partial charge in [0, 0.05) is 17.2 Å². The van der Waals surface area contributed by atoms with Gasteiger partial charge in [0.2, 0.25) is 0 Å². The molecule has 0 spiro atoms. The molecule has 0 aliphatic heterocycles. The zero-order valence-electron chi connectivity index (χ0n) is 11.5. The molecule has 1 rings (SSSR count). The van der Waals surface area contributed by atoms with Crippen molar-refractivity contribution in [1.29, 1.82) is 0 Å². The van der Waals surface area contributed by atoms with Crippen LogP contribution in [0.1, 0.15) is 31.9 Å². The molecule has 0 saturated carbocycles. The van der Waals surface area contributed by atoms with E-state index < -0.39 is 0 Å². The third kappa shape index (κ3) is 3.61. The molecule has 0 amide bonds. The molecule has 0 heterocycles. The summed E-state index contributed by atoms with van der Waals surface area (Å²) in [5.41, 5.74) is 1.04. The van der Waals surface area contributed by atoms with Gasteiger partial charge in [-0.3, -0.25) is 0 Å². The Bertz CT molecular complexity index is 371. The van der Waals surface area contributed by atoms with Crippen molar-refractivity contribution in [3.8, 4) is 5.75 Å². The molecular formula is C14H22ClNO2. The van der Waals surface area contributed by atoms with Crippen molar-refractivity contribution < 1.29 is 9.47 Å². The van der Waals surface area contributed by atoms with Crippen LogP contribution in [-0.2, 0) is 4.74 Å². The first-order valence-electron chi connectivity index (χ1n) is 6.30. The number of hydrogen-bond donors (Lipinski definition) is 1. The molecule has 1 aromatic carbocycles. The largest absolute Gasteiger partial charge is 0.496 e. The maximum absolute atomic E-state index is 6.08. The highest BCUT2D eigenvalue weighted by Crippen LogP contribution is 2.31. The van der Waals surface area contributed by atoms with Crippen molar-refractivity contribution in [3.63, 3.8) is 0 Å². The zero-order valence-corrected chi connectivity index (χ0v) is 12.3. The molecular weight excluding hydrogens is 250 g/mol. The van der Waals surface area contributed by atoms with Gasteiger partial charge in [0.05, 0.1) is 19.3 Å². The molecule has 102 valence electrons. The molecule has 1 aromatic rings. The van der Waals surface area contributed by atoms with Crippen molar-refractivity contribution in [1.82, 2.24) is 5.32 Å². The zero-order chi connectivity index (χ0) is 13.5. The van der Waals surface area contributed by atoms with E-state index in [2.05, 4.69) is 12.2 Å². The number of methoxy groups -OCH3 is 1. The highest BCUT2D eigenvalue weighted by Gasteiger charge is 2.23. The van der Waals surface area contributed by atoms with Gasteiger partial charge in [-0.05, 0) is 38.6 Å². The number of likely N-dealkylation sites (N-methyl/N-ethyl adjacent to an activating group) is 1. The van der Waals surface area contributed by atoms with Crippen LogP contribution in [0.15, 0.2) is 18.2 Å². The lowest BCUT2D eigenvalue weighted by molar-refractivity contribution is 0.0328. The van der Waals surface area contributed by atoms with Crippen LogP contribution in [-0.4, -0.2) is 26.9 Å². The summed E-state index contributed by atoms with van der Waals surface area (Å²) in [5.74, 6) is 0.830. The second kappa shape index (κ2) is 7.62. The maximum Gasteiger partial charge on any atom is 0.123 e. The van der Waals surface area contributed by atoms with Gasteiger partial charge in [0.25, 0.3) is 0 Å². The summed E-state index contributed by atoms with van der Waals surface area (Å²) in [6.45, 7) is 4.81. The third-order valence-electron chi connectivity index (χ3n) is 2.99. The van der Waals surface area contributed by atoms with Crippen LogP contribution in [0.2, 0.25) is 5.02 Å². The monoisotopic (exact) mass is 271 g/mol. The Morgan fingerprint density at radius 2 is 2.06 bits per heavy atom. The van der Waals surface area contributed by atoms with Gasteiger partial charge in [0.15, 0.2) is 0 Å². The van der Waals surface area contributed by atoms with Crippen molar-refractivity contribution in [2.45, 2.75) is 32.4 Å². The molecule has 18 heavy (non-hydrogen) atoms. The fourth-order valence-electron chi connectivity index (χ4n) is 2.15. The summed E-state index contributed by atoms with van der Waals surface area (Å²) >= 11 is 6.08. The lowest BCUT2D eigenvalue weighted by Crippen LogP contribution is -2.31. The molecule has 0 saturated heterocycles. The average Bonchev–Trinajstić information content (AvgIpc) is 2.39. The predicted octanol–water partition coefficient (Wildman–Crippen LogP) is 3.42. The lowest BCUT2D eigenvalue weighted by Gasteiger charge is -2.27. The topological polar surface area (TPSA) is 30.5 Å². The predicted molar refractivity (Wildman–Crippen MR) is 75.5 cm³/mol. The fourth-order valence-corrected chi connectivity index (χ4v) is 2.33. The van der Waals surface area contributed by atoms with Crippen LogP contribution < -0.4 is 10.1 Å². The summed E-state index contributed by atoms with van der Waals surface area (Å²) in [5, 5.41) is 4.00. The van der Waals surface area contributed by atoms with Crippen LogP contribution in [0.5, 0.6) is 5.75 Å². The van der Waals surface area contributed by atoms with E-state index in [1.807, 2.05) is 32.2 Å². The second-order valence-corrected chi connectivity index (χ2v) is 4.49. The third-order valence-corrected chi connectivity index (χ3v) is 3.23. The molecule has 4 heteroatoms. The Morgan fingerprint density at radius 1 is 1.33 bits per heavy atom. The molecule has 2 unspecified atom stereocenters. The van der Waals surface area contributed by atoms with Crippen molar-refractivity contribution >= 4 is 11.6 Å². The molecule has 0 aliphatic rings. The number of benzene rings is 1. The first-order valence-corrected chi connectivity index (χ1v) is 6.67. The minimum atomic E-state index is 0.0728. The quantitative estimate of drug-likeness (QED) is 0.824. The Morgan fingerprint density at radius 3 is 2.56 bits per heavy atom. The molecule has 0 fully saturated rings. The summed E-state index contributed by atoms with van der Waals surface area (Å²) in [7, 11) is 3.59. The summed E-state index contributed by atoms with van der Waals surface area (Å²) < 4.78 is 11.2. The van der Waals surface area contributed by atoms with Gasteiger partial charge in [-0.25, -0.2) is 0 Å². The van der Waals surface area contributed by atoms with Crippen molar-refractivity contribution in [2.24, 2.45) is 0 Å². The van der Waals surface area contributed by atoms with Crippen LogP contribution in [0, 0.1) is 0 Å². The van der Waals surface area contributed by atoms with Gasteiger partial charge in [-0.1, -0.05) is 18.5 Å². The Hall–Kier alpha value is -0.770. The molecule has 0 aromatic heterocycles. The van der Waals surface area contributed by atoms with E-state index in [4.69, 9.17) is 21.1 Å². The number of hydrogen-bond acceptors (Lipinski definition) is 3. The van der Waals surface area contributed by atoms with Crippen LogP contribution in [0.3, 0.4) is 0 Å². The normalized spacial score (nSPS) is 14.3. The lowest BCUT2D eigenvalue weighted by atomic mass is 9.98. The van der Waals surface area contributed by atoms with Crippen LogP contribution >= 0.6 is 11.6 Å². The van der Waals surface area contributed by atoms with Crippen molar-refractivity contribution in [2.75, 3.05) is 20.8 Å². The molecule has 3 nitrogen and oxygen atoms in total. The van der Waals surface area contributed by atoms with E-state index in [-0.39, 0.29) is 12.1 Å². The highest BCUT2D eigenvalue weighted by molar-refractivity contribution is 6.30. The number of halogens is 1. The van der Waals surface area contributed by atoms with Gasteiger partial charge in [-0.15, -0.1) is 0 Å². The summed E-state index contributed by atoms with van der Waals surface area (Å²) in [6, 6.07) is 5.73. The summed E-state index contributed by atoms with van der Waals surface area (Å²) in [4.78, 5) is 0. The fraction of sp³-hybridized carbons (Fsp3) is 0.571. The van der Waals surface area contributed by atoms with Gasteiger partial charge in [0.1, 0.15) is 5.75 Å². The van der Waals surface area contributed by atoms with E-state index in [0.717, 1.165) is 17.7 Å². The standard InChI is InChI=1S/C14H22ClNO2/c1-5-12(18-6-2)14(16-3)11-9-10(15)7-8-13(11)17-4/h7-9,12,14,16H,5-6H2,1-4H3. The summed E-state index contributed by atoms with van der Waals surface area (Å²) in [6.07, 6.45) is 1.03. The number of rotatable bonds is 7. The van der Waals surface area contributed by atoms with E-state index in [1.54, 1.807) is 7.11 Å². The van der Waals surface area contributed by atoms with E-state index in [1.165, 1.54) is 0 Å². The van der Waals surface area contributed by atoms with Gasteiger partial charge >= 0.3 is 0 Å². The highest BCUT2D eigenvalue weighted by atomic mass is 35.5. The van der Waals surface area contributed by atoms with Crippen molar-refractivity contribution in [3.05, 3.63) is 28.8 Å². The molecule has 0 aliphatic carbocycles. The SMILES string of the molecule is CCOC(CC)C(NC)c1cc(Cl)ccc1OC. The smallest absolute Gasteiger partial charge is 0.123 e. The molecule has 0 radical (unpaired) electrons. The molecule has 0 bridgehead atoms. The van der Waals surface area contributed by atoms with Gasteiger partial charge < -0.3 is 14.8 Å². The Balaban J connectivity index is 3.09. The minimum absolute atomic E-state index is 0.0728. The number of ether oxygens (including phenoxy) is 2. The first-order chi connectivity index (χ1) is 8.67.